The number of nitrogens with zero attached hydrogens (tertiary/aromatic N) is 1. The topological polar surface area (TPSA) is 43.4 Å². The van der Waals surface area contributed by atoms with Crippen molar-refractivity contribution in [3.05, 3.63) is 47.5 Å². The van der Waals surface area contributed by atoms with Gasteiger partial charge in [0.05, 0.1) is 0 Å². The van der Waals surface area contributed by atoms with E-state index < -0.39 is 0 Å². The lowest BCUT2D eigenvalue weighted by molar-refractivity contribution is 0.131. The Bertz CT molecular complexity index is 668. The second-order valence-electron chi connectivity index (χ2n) is 6.20. The highest BCUT2D eigenvalue weighted by molar-refractivity contribution is 6.31. The molecule has 2 aliphatic heterocycles. The van der Waals surface area contributed by atoms with Gasteiger partial charge >= 0.3 is 0 Å². The van der Waals surface area contributed by atoms with Crippen LogP contribution in [0.4, 0.5) is 0 Å². The summed E-state index contributed by atoms with van der Waals surface area (Å²) in [5.41, 5.74) is 0. The van der Waals surface area contributed by atoms with Crippen LogP contribution in [0, 0.1) is 0 Å². The zero-order chi connectivity index (χ0) is 15.6. The van der Waals surface area contributed by atoms with Gasteiger partial charge in [-0.3, -0.25) is 0 Å². The predicted octanol–water partition coefficient (Wildman–Crippen LogP) is 4.19. The molecule has 2 fully saturated rings. The monoisotopic (exact) mass is 330 g/mol. The minimum atomic E-state index is 0.215. The summed E-state index contributed by atoms with van der Waals surface area (Å²) in [5.74, 6) is 1.66. The van der Waals surface area contributed by atoms with E-state index in [9.17, 15) is 0 Å². The molecule has 3 atom stereocenters. The Morgan fingerprint density at radius 3 is 2.48 bits per heavy atom. The van der Waals surface area contributed by atoms with Crippen LogP contribution in [0.1, 0.15) is 25.7 Å². The van der Waals surface area contributed by atoms with Gasteiger partial charge in [0, 0.05) is 18.2 Å². The average molecular weight is 331 g/mol. The van der Waals surface area contributed by atoms with Crippen molar-refractivity contribution >= 4 is 11.6 Å². The molecule has 0 aliphatic carbocycles. The number of halogens is 1. The number of rotatable bonds is 4. The van der Waals surface area contributed by atoms with Gasteiger partial charge in [-0.15, -0.1) is 0 Å². The fourth-order valence-corrected chi connectivity index (χ4v) is 3.56. The number of fused-ring (bicyclic) bond motifs is 2. The summed E-state index contributed by atoms with van der Waals surface area (Å²) in [6.45, 7) is 0. The highest BCUT2D eigenvalue weighted by Gasteiger charge is 2.34. The Morgan fingerprint density at radius 2 is 1.74 bits per heavy atom. The van der Waals surface area contributed by atoms with Gasteiger partial charge in [0.2, 0.25) is 11.8 Å². The molecule has 0 radical (unpaired) electrons. The molecule has 4 rings (SSSR count). The number of piperidine rings is 1. The fourth-order valence-electron chi connectivity index (χ4n) is 3.42. The summed E-state index contributed by atoms with van der Waals surface area (Å²) < 4.78 is 11.8. The third kappa shape index (κ3) is 3.43. The normalized spacial score (nSPS) is 26.0. The standard InChI is InChI=1S/C18H19ClN2O2/c19-16-8-9-17(21-18(16)23-14-4-2-1-3-5-14)22-15-10-12-6-7-13(11-15)20-12/h1-5,8-9,12-13,15,20H,6-7,10-11H2/t12-,13+,15-. The number of para-hydroxylation sites is 1. The van der Waals surface area contributed by atoms with E-state index in [0.717, 1.165) is 12.8 Å². The molecule has 23 heavy (non-hydrogen) atoms. The van der Waals surface area contributed by atoms with Crippen LogP contribution in [0.15, 0.2) is 42.5 Å². The van der Waals surface area contributed by atoms with E-state index in [4.69, 9.17) is 21.1 Å². The summed E-state index contributed by atoms with van der Waals surface area (Å²) >= 11 is 6.19. The number of hydrogen-bond acceptors (Lipinski definition) is 4. The molecular formula is C18H19ClN2O2. The zero-order valence-electron chi connectivity index (χ0n) is 12.7. The number of hydrogen-bond donors (Lipinski definition) is 1. The summed E-state index contributed by atoms with van der Waals surface area (Å²) in [6, 6.07) is 14.3. The first kappa shape index (κ1) is 14.8. The Morgan fingerprint density at radius 1 is 1.00 bits per heavy atom. The van der Waals surface area contributed by atoms with Crippen molar-refractivity contribution in [2.24, 2.45) is 0 Å². The van der Waals surface area contributed by atoms with Crippen molar-refractivity contribution in [3.8, 4) is 17.5 Å². The van der Waals surface area contributed by atoms with E-state index in [1.807, 2.05) is 36.4 Å². The van der Waals surface area contributed by atoms with Crippen LogP contribution in [0.2, 0.25) is 5.02 Å². The molecule has 5 heteroatoms. The Kier molecular flexibility index (Phi) is 4.10. The molecular weight excluding hydrogens is 312 g/mol. The molecule has 2 aliphatic rings. The first-order chi connectivity index (χ1) is 11.3. The summed E-state index contributed by atoms with van der Waals surface area (Å²) in [5, 5.41) is 4.09. The van der Waals surface area contributed by atoms with Gasteiger partial charge in [-0.2, -0.15) is 4.98 Å². The predicted molar refractivity (Wildman–Crippen MR) is 89.4 cm³/mol. The highest BCUT2D eigenvalue weighted by Crippen LogP contribution is 2.32. The van der Waals surface area contributed by atoms with Crippen molar-refractivity contribution < 1.29 is 9.47 Å². The minimum Gasteiger partial charge on any atom is -0.474 e. The second-order valence-corrected chi connectivity index (χ2v) is 6.61. The van der Waals surface area contributed by atoms with Gasteiger partial charge < -0.3 is 14.8 Å². The van der Waals surface area contributed by atoms with Gasteiger partial charge in [0.25, 0.3) is 0 Å². The smallest absolute Gasteiger partial charge is 0.241 e. The van der Waals surface area contributed by atoms with Crippen LogP contribution in [-0.2, 0) is 0 Å². The number of benzene rings is 1. The maximum atomic E-state index is 6.19. The van der Waals surface area contributed by atoms with Crippen LogP contribution < -0.4 is 14.8 Å². The van der Waals surface area contributed by atoms with Gasteiger partial charge in [0.1, 0.15) is 16.9 Å². The molecule has 1 aromatic heterocycles. The third-order valence-electron chi connectivity index (χ3n) is 4.46. The molecule has 4 nitrogen and oxygen atoms in total. The summed E-state index contributed by atoms with van der Waals surface area (Å²) in [7, 11) is 0. The van der Waals surface area contributed by atoms with Crippen LogP contribution in [-0.4, -0.2) is 23.2 Å². The number of nitrogens with one attached hydrogen (secondary N) is 1. The minimum absolute atomic E-state index is 0.215. The van der Waals surface area contributed by atoms with Crippen molar-refractivity contribution in [1.82, 2.24) is 10.3 Å². The van der Waals surface area contributed by atoms with E-state index in [0.29, 0.717) is 34.6 Å². The van der Waals surface area contributed by atoms with Gasteiger partial charge in [0.15, 0.2) is 0 Å². The van der Waals surface area contributed by atoms with Gasteiger partial charge in [-0.05, 0) is 43.9 Å². The zero-order valence-corrected chi connectivity index (χ0v) is 13.5. The first-order valence-electron chi connectivity index (χ1n) is 8.08. The average Bonchev–Trinajstić information content (AvgIpc) is 2.90. The molecule has 0 saturated carbocycles. The maximum absolute atomic E-state index is 6.19. The van der Waals surface area contributed by atoms with E-state index in [2.05, 4.69) is 10.3 Å². The van der Waals surface area contributed by atoms with Crippen molar-refractivity contribution in [1.29, 1.82) is 0 Å². The second kappa shape index (κ2) is 6.38. The molecule has 0 spiro atoms. The van der Waals surface area contributed by atoms with E-state index >= 15 is 0 Å². The lowest BCUT2D eigenvalue weighted by Gasteiger charge is -2.29. The fraction of sp³-hybridized carbons (Fsp3) is 0.389. The molecule has 2 aromatic rings. The van der Waals surface area contributed by atoms with Crippen molar-refractivity contribution in [2.45, 2.75) is 43.9 Å². The van der Waals surface area contributed by atoms with Crippen LogP contribution >= 0.6 is 11.6 Å². The highest BCUT2D eigenvalue weighted by atomic mass is 35.5. The molecule has 2 saturated heterocycles. The molecule has 0 unspecified atom stereocenters. The van der Waals surface area contributed by atoms with Crippen molar-refractivity contribution in [2.75, 3.05) is 0 Å². The van der Waals surface area contributed by atoms with Gasteiger partial charge in [-0.25, -0.2) is 0 Å². The SMILES string of the molecule is Clc1ccc(O[C@@H]2C[C@H]3CC[C@@H](C2)N3)nc1Oc1ccccc1. The molecule has 1 N–H and O–H groups in total. The molecule has 2 bridgehead atoms. The Balaban J connectivity index is 1.48. The summed E-state index contributed by atoms with van der Waals surface area (Å²) in [4.78, 5) is 4.44. The molecule has 3 heterocycles. The Labute approximate surface area is 140 Å². The molecule has 1 aromatic carbocycles. The maximum Gasteiger partial charge on any atom is 0.241 e. The number of aromatic nitrogens is 1. The quantitative estimate of drug-likeness (QED) is 0.913. The molecule has 0 amide bonds. The van der Waals surface area contributed by atoms with Crippen molar-refractivity contribution in [3.63, 3.8) is 0 Å². The third-order valence-corrected chi connectivity index (χ3v) is 4.75. The Hall–Kier alpha value is -1.78. The summed E-state index contributed by atoms with van der Waals surface area (Å²) in [6.07, 6.45) is 4.79. The van der Waals surface area contributed by atoms with E-state index in [1.54, 1.807) is 6.07 Å². The van der Waals surface area contributed by atoms with Crippen LogP contribution in [0.3, 0.4) is 0 Å². The molecule has 120 valence electrons. The van der Waals surface area contributed by atoms with E-state index in [1.165, 1.54) is 12.8 Å². The number of ether oxygens (including phenoxy) is 2. The lowest BCUT2D eigenvalue weighted by atomic mass is 10.0. The van der Waals surface area contributed by atoms with E-state index in [-0.39, 0.29) is 6.10 Å². The first-order valence-corrected chi connectivity index (χ1v) is 8.46. The largest absolute Gasteiger partial charge is 0.474 e. The van der Waals surface area contributed by atoms with Crippen LogP contribution in [0.25, 0.3) is 0 Å². The number of pyridine rings is 1. The lowest BCUT2D eigenvalue weighted by Crippen LogP contribution is -2.42. The van der Waals surface area contributed by atoms with Gasteiger partial charge in [-0.1, -0.05) is 29.8 Å². The van der Waals surface area contributed by atoms with Crippen LogP contribution in [0.5, 0.6) is 17.5 Å².